The van der Waals surface area contributed by atoms with Gasteiger partial charge in [-0.2, -0.15) is 0 Å². The standard InChI is InChI=1S/C13H31NO3Si3/c1-9-11(14-12(15)10-2)13(18,16-19(3,4)5)17-20(6,7)8/h10-11H,2,9H2,1,3-8,18H3,(H,14,15). The molecule has 0 heterocycles. The number of hydrogen-bond acceptors (Lipinski definition) is 3. The van der Waals surface area contributed by atoms with E-state index in [1.807, 2.05) is 6.92 Å². The molecule has 0 bridgehead atoms. The predicted octanol–water partition coefficient (Wildman–Crippen LogP) is 1.79. The maximum atomic E-state index is 11.7. The fourth-order valence-corrected chi connectivity index (χ4v) is 9.32. The van der Waals surface area contributed by atoms with Gasteiger partial charge in [0.25, 0.3) is 0 Å². The fraction of sp³-hybridized carbons (Fsp3) is 0.769. The van der Waals surface area contributed by atoms with Crippen molar-refractivity contribution in [1.82, 2.24) is 5.32 Å². The lowest BCUT2D eigenvalue weighted by Crippen LogP contribution is -2.62. The van der Waals surface area contributed by atoms with Crippen molar-refractivity contribution in [2.24, 2.45) is 0 Å². The van der Waals surface area contributed by atoms with Crippen LogP contribution in [0.15, 0.2) is 12.7 Å². The van der Waals surface area contributed by atoms with Gasteiger partial charge in [-0.1, -0.05) is 13.5 Å². The van der Waals surface area contributed by atoms with Crippen LogP contribution >= 0.6 is 0 Å². The second-order valence-electron chi connectivity index (χ2n) is 7.12. The van der Waals surface area contributed by atoms with Crippen molar-refractivity contribution in [3.63, 3.8) is 0 Å². The second kappa shape index (κ2) is 7.17. The molecule has 1 atom stereocenters. The molecule has 0 aromatic carbocycles. The Bertz CT molecular complexity index is 332. The van der Waals surface area contributed by atoms with Crippen LogP contribution in [-0.4, -0.2) is 44.2 Å². The zero-order valence-electron chi connectivity index (χ0n) is 14.3. The van der Waals surface area contributed by atoms with E-state index < -0.39 is 22.0 Å². The summed E-state index contributed by atoms with van der Waals surface area (Å²) in [6, 6.07) is -0.127. The molecule has 118 valence electrons. The van der Waals surface area contributed by atoms with Gasteiger partial charge in [0.1, 0.15) is 5.41 Å². The van der Waals surface area contributed by atoms with Crippen molar-refractivity contribution in [3.8, 4) is 0 Å². The highest BCUT2D eigenvalue weighted by Crippen LogP contribution is 2.26. The lowest BCUT2D eigenvalue weighted by atomic mass is 10.2. The summed E-state index contributed by atoms with van der Waals surface area (Å²) in [5.41, 5.74) is -0.650. The van der Waals surface area contributed by atoms with Gasteiger partial charge in [0.05, 0.1) is 16.3 Å². The quantitative estimate of drug-likeness (QED) is 0.418. The minimum atomic E-state index is -1.78. The van der Waals surface area contributed by atoms with Gasteiger partial charge in [-0.15, -0.1) is 0 Å². The molecule has 4 nitrogen and oxygen atoms in total. The first kappa shape index (κ1) is 19.8. The van der Waals surface area contributed by atoms with E-state index in [0.29, 0.717) is 10.2 Å². The average Bonchev–Trinajstić information content (AvgIpc) is 2.19. The Morgan fingerprint density at radius 1 is 1.25 bits per heavy atom. The third-order valence-corrected chi connectivity index (χ3v) is 6.52. The van der Waals surface area contributed by atoms with Crippen LogP contribution in [0.5, 0.6) is 0 Å². The molecule has 1 unspecified atom stereocenters. The van der Waals surface area contributed by atoms with Gasteiger partial charge >= 0.3 is 0 Å². The van der Waals surface area contributed by atoms with Crippen molar-refractivity contribution in [3.05, 3.63) is 12.7 Å². The molecule has 20 heavy (non-hydrogen) atoms. The first-order valence-corrected chi connectivity index (χ1v) is 15.0. The molecule has 0 aliphatic heterocycles. The molecule has 0 aromatic heterocycles. The topological polar surface area (TPSA) is 47.6 Å². The number of rotatable bonds is 8. The Hall–Kier alpha value is -0.219. The van der Waals surface area contributed by atoms with Crippen molar-refractivity contribution in [2.75, 3.05) is 0 Å². The average molecular weight is 334 g/mol. The number of carbonyl (C=O) groups is 1. The minimum Gasteiger partial charge on any atom is -0.394 e. The van der Waals surface area contributed by atoms with Crippen LogP contribution in [-0.2, 0) is 13.6 Å². The van der Waals surface area contributed by atoms with E-state index in [4.69, 9.17) is 8.85 Å². The van der Waals surface area contributed by atoms with Crippen molar-refractivity contribution >= 4 is 32.8 Å². The fourth-order valence-electron chi connectivity index (χ4n) is 2.21. The van der Waals surface area contributed by atoms with Gasteiger partial charge in [-0.05, 0) is 51.8 Å². The van der Waals surface area contributed by atoms with Gasteiger partial charge in [0, 0.05) is 0 Å². The number of hydrogen-bond donors (Lipinski definition) is 1. The third kappa shape index (κ3) is 7.53. The summed E-state index contributed by atoms with van der Waals surface area (Å²) in [5.74, 6) is -0.171. The van der Waals surface area contributed by atoms with Crippen LogP contribution in [0.2, 0.25) is 39.3 Å². The maximum Gasteiger partial charge on any atom is 0.243 e. The monoisotopic (exact) mass is 333 g/mol. The summed E-state index contributed by atoms with van der Waals surface area (Å²) in [6.07, 6.45) is 2.08. The Morgan fingerprint density at radius 2 is 1.65 bits per heavy atom. The highest BCUT2D eigenvalue weighted by atomic mass is 28.4. The smallest absolute Gasteiger partial charge is 0.243 e. The van der Waals surface area contributed by atoms with Crippen LogP contribution in [0.3, 0.4) is 0 Å². The number of nitrogens with one attached hydrogen (secondary N) is 1. The minimum absolute atomic E-state index is 0.127. The predicted molar refractivity (Wildman–Crippen MR) is 94.0 cm³/mol. The molecule has 0 fully saturated rings. The summed E-state index contributed by atoms with van der Waals surface area (Å²) in [5, 5.41) is 2.97. The normalized spacial score (nSPS) is 14.9. The molecule has 0 radical (unpaired) electrons. The van der Waals surface area contributed by atoms with Crippen molar-refractivity contribution in [2.45, 2.75) is 64.1 Å². The molecule has 0 aliphatic rings. The SMILES string of the molecule is C=CC(=O)NC(CC)C([SiH3])(O[Si](C)(C)C)O[Si](C)(C)C. The van der Waals surface area contributed by atoms with Crippen LogP contribution in [0.4, 0.5) is 0 Å². The summed E-state index contributed by atoms with van der Waals surface area (Å²) >= 11 is 0. The summed E-state index contributed by atoms with van der Waals surface area (Å²) in [4.78, 5) is 11.7. The molecule has 0 spiro atoms. The van der Waals surface area contributed by atoms with Crippen molar-refractivity contribution < 1.29 is 13.6 Å². The van der Waals surface area contributed by atoms with Gasteiger partial charge < -0.3 is 14.2 Å². The molecular weight excluding hydrogens is 302 g/mol. The Kier molecular flexibility index (Phi) is 7.09. The van der Waals surface area contributed by atoms with E-state index in [1.165, 1.54) is 6.08 Å². The zero-order chi connectivity index (χ0) is 16.2. The number of carbonyl (C=O) groups excluding carboxylic acids is 1. The van der Waals surface area contributed by atoms with E-state index in [0.717, 1.165) is 6.42 Å². The lowest BCUT2D eigenvalue weighted by molar-refractivity contribution is -0.124. The van der Waals surface area contributed by atoms with Gasteiger partial charge in [0.2, 0.25) is 5.91 Å². The summed E-state index contributed by atoms with van der Waals surface area (Å²) in [6.45, 7) is 18.4. The van der Waals surface area contributed by atoms with Gasteiger partial charge in [0.15, 0.2) is 16.6 Å². The molecule has 0 saturated carbocycles. The van der Waals surface area contributed by atoms with Crippen LogP contribution in [0, 0.1) is 0 Å². The Labute approximate surface area is 129 Å². The first-order valence-electron chi connectivity index (χ1n) is 7.16. The Morgan fingerprint density at radius 3 is 1.90 bits per heavy atom. The maximum absolute atomic E-state index is 11.7. The molecular formula is C13H31NO3Si3. The number of amides is 1. The molecule has 1 amide bonds. The highest BCUT2D eigenvalue weighted by Gasteiger charge is 2.42. The molecule has 0 aliphatic carbocycles. The van der Waals surface area contributed by atoms with Gasteiger partial charge in [-0.3, -0.25) is 4.79 Å². The molecule has 0 aromatic rings. The lowest BCUT2D eigenvalue weighted by Gasteiger charge is -2.45. The van der Waals surface area contributed by atoms with E-state index >= 15 is 0 Å². The largest absolute Gasteiger partial charge is 0.394 e. The van der Waals surface area contributed by atoms with Crippen LogP contribution < -0.4 is 5.32 Å². The molecule has 0 saturated heterocycles. The molecule has 7 heteroatoms. The summed E-state index contributed by atoms with van der Waals surface area (Å²) < 4.78 is 12.7. The van der Waals surface area contributed by atoms with Crippen LogP contribution in [0.1, 0.15) is 13.3 Å². The zero-order valence-corrected chi connectivity index (χ0v) is 18.3. The second-order valence-corrected chi connectivity index (χ2v) is 17.4. The Balaban J connectivity index is 5.35. The molecule has 0 rings (SSSR count). The van der Waals surface area contributed by atoms with E-state index in [2.05, 4.69) is 51.2 Å². The van der Waals surface area contributed by atoms with Gasteiger partial charge in [-0.25, -0.2) is 0 Å². The van der Waals surface area contributed by atoms with E-state index in [-0.39, 0.29) is 11.9 Å². The van der Waals surface area contributed by atoms with Crippen molar-refractivity contribution in [1.29, 1.82) is 0 Å². The molecule has 1 N–H and O–H groups in total. The van der Waals surface area contributed by atoms with E-state index in [1.54, 1.807) is 0 Å². The van der Waals surface area contributed by atoms with E-state index in [9.17, 15) is 4.79 Å². The third-order valence-electron chi connectivity index (χ3n) is 2.56. The highest BCUT2D eigenvalue weighted by molar-refractivity contribution is 6.71. The van der Waals surface area contributed by atoms with Crippen LogP contribution in [0.25, 0.3) is 0 Å². The first-order chi connectivity index (χ1) is 8.83. The summed E-state index contributed by atoms with van der Waals surface area (Å²) in [7, 11) is -2.85.